The fraction of sp³-hybridized carbons (Fsp3) is 0.333. The van der Waals surface area contributed by atoms with Crippen LogP contribution in [-0.2, 0) is 15.7 Å². The number of ether oxygens (including phenoxy) is 1. The van der Waals surface area contributed by atoms with E-state index in [1.54, 1.807) is 0 Å². The number of alkyl halides is 3. The number of anilines is 2. The molecule has 0 radical (unpaired) electrons. The maximum atomic E-state index is 13.6. The summed E-state index contributed by atoms with van der Waals surface area (Å²) in [5.74, 6) is -2.73. The number of nitrogens with one attached hydrogen (secondary N) is 1. The van der Waals surface area contributed by atoms with Crippen molar-refractivity contribution < 1.29 is 27.5 Å². The van der Waals surface area contributed by atoms with Gasteiger partial charge in [0.15, 0.2) is 11.3 Å². The number of aromatic nitrogens is 2. The van der Waals surface area contributed by atoms with Crippen LogP contribution in [0, 0.1) is 0 Å². The molecule has 0 atom stereocenters. The first kappa shape index (κ1) is 22.1. The van der Waals surface area contributed by atoms with Crippen LogP contribution in [0.2, 0.25) is 10.0 Å². The Hall–Kier alpha value is -2.59. The number of hydrogen-bond donors (Lipinski definition) is 2. The molecule has 1 saturated carbocycles. The van der Waals surface area contributed by atoms with Crippen molar-refractivity contribution in [3.05, 3.63) is 45.7 Å². The highest BCUT2D eigenvalue weighted by Crippen LogP contribution is 2.36. The summed E-state index contributed by atoms with van der Waals surface area (Å²) in [6, 6.07) is 4.28. The zero-order valence-corrected chi connectivity index (χ0v) is 16.7. The van der Waals surface area contributed by atoms with Gasteiger partial charge in [-0.05, 0) is 43.9 Å². The number of rotatable bonds is 5. The van der Waals surface area contributed by atoms with Crippen LogP contribution < -0.4 is 11.1 Å². The lowest BCUT2D eigenvalue weighted by Crippen LogP contribution is -2.45. The van der Waals surface area contributed by atoms with Crippen molar-refractivity contribution in [2.75, 3.05) is 5.32 Å². The van der Waals surface area contributed by atoms with Crippen LogP contribution in [0.1, 0.15) is 41.7 Å². The van der Waals surface area contributed by atoms with Gasteiger partial charge in [0, 0.05) is 11.2 Å². The smallest absolute Gasteiger partial charge is 0.434 e. The van der Waals surface area contributed by atoms with E-state index in [-0.39, 0.29) is 23.6 Å². The van der Waals surface area contributed by atoms with Crippen molar-refractivity contribution >= 4 is 46.7 Å². The van der Waals surface area contributed by atoms with E-state index in [2.05, 4.69) is 15.3 Å². The predicted octanol–water partition coefficient (Wildman–Crippen LogP) is 4.50. The Bertz CT molecular complexity index is 995. The second-order valence-electron chi connectivity index (χ2n) is 6.66. The van der Waals surface area contributed by atoms with Crippen molar-refractivity contribution in [2.24, 2.45) is 5.73 Å². The number of nitrogens with two attached hydrogens (primary N) is 1. The third-order valence-electron chi connectivity index (χ3n) is 4.60. The average Bonchev–Trinajstić information content (AvgIpc) is 3.13. The summed E-state index contributed by atoms with van der Waals surface area (Å²) in [5.41, 5.74) is 1.45. The Morgan fingerprint density at radius 3 is 2.43 bits per heavy atom. The lowest BCUT2D eigenvalue weighted by atomic mass is 10.0. The number of esters is 1. The highest BCUT2D eigenvalue weighted by atomic mass is 35.5. The van der Waals surface area contributed by atoms with Crippen LogP contribution in [0.25, 0.3) is 0 Å². The average molecular weight is 463 g/mol. The van der Waals surface area contributed by atoms with Crippen LogP contribution in [0.15, 0.2) is 24.4 Å². The van der Waals surface area contributed by atoms with Crippen molar-refractivity contribution in [2.45, 2.75) is 37.5 Å². The van der Waals surface area contributed by atoms with Crippen LogP contribution in [0.3, 0.4) is 0 Å². The summed E-state index contributed by atoms with van der Waals surface area (Å²) in [7, 11) is 0. The Balaban J connectivity index is 1.93. The van der Waals surface area contributed by atoms with Gasteiger partial charge in [-0.1, -0.05) is 23.2 Å². The van der Waals surface area contributed by atoms with Gasteiger partial charge in [-0.25, -0.2) is 14.8 Å². The van der Waals surface area contributed by atoms with Crippen LogP contribution in [-0.4, -0.2) is 27.4 Å². The predicted molar refractivity (Wildman–Crippen MR) is 103 cm³/mol. The quantitative estimate of drug-likeness (QED) is 0.633. The third kappa shape index (κ3) is 4.59. The minimum absolute atomic E-state index is 0.132. The zero-order chi connectivity index (χ0) is 22.1. The van der Waals surface area contributed by atoms with Crippen LogP contribution >= 0.6 is 23.2 Å². The molecule has 3 N–H and O–H groups in total. The van der Waals surface area contributed by atoms with E-state index in [9.17, 15) is 22.8 Å². The van der Waals surface area contributed by atoms with Gasteiger partial charge in [-0.15, -0.1) is 0 Å². The van der Waals surface area contributed by atoms with E-state index in [0.717, 1.165) is 0 Å². The lowest BCUT2D eigenvalue weighted by molar-refractivity contribution is -0.142. The van der Waals surface area contributed by atoms with Gasteiger partial charge in [-0.2, -0.15) is 13.2 Å². The Morgan fingerprint density at radius 1 is 1.20 bits per heavy atom. The van der Waals surface area contributed by atoms with Gasteiger partial charge in [0.25, 0.3) is 5.91 Å². The molecule has 160 valence electrons. The van der Waals surface area contributed by atoms with E-state index >= 15 is 0 Å². The molecule has 0 bridgehead atoms. The fourth-order valence-corrected chi connectivity index (χ4v) is 3.55. The van der Waals surface area contributed by atoms with Crippen molar-refractivity contribution in [3.63, 3.8) is 0 Å². The molecule has 0 spiro atoms. The molecule has 1 aromatic heterocycles. The second kappa shape index (κ2) is 8.27. The monoisotopic (exact) mass is 462 g/mol. The van der Waals surface area contributed by atoms with E-state index in [1.165, 1.54) is 18.2 Å². The molecule has 0 unspecified atom stereocenters. The molecule has 1 aliphatic rings. The molecule has 1 fully saturated rings. The Morgan fingerprint density at radius 2 is 1.87 bits per heavy atom. The Kier molecular flexibility index (Phi) is 6.09. The first-order valence-electron chi connectivity index (χ1n) is 8.71. The summed E-state index contributed by atoms with van der Waals surface area (Å²) in [4.78, 5) is 31.4. The highest BCUT2D eigenvalue weighted by molar-refractivity contribution is 6.36. The molecular formula is C18H15Cl2F3N4O3. The van der Waals surface area contributed by atoms with Gasteiger partial charge in [0.1, 0.15) is 5.56 Å². The second-order valence-corrected chi connectivity index (χ2v) is 7.50. The number of primary amides is 1. The molecule has 1 heterocycles. The Labute approximate surface area is 178 Å². The normalized spacial score (nSPS) is 15.6. The zero-order valence-electron chi connectivity index (χ0n) is 15.2. The topological polar surface area (TPSA) is 107 Å². The first-order chi connectivity index (χ1) is 14.0. The van der Waals surface area contributed by atoms with Gasteiger partial charge in [0.05, 0.1) is 10.7 Å². The molecule has 1 aromatic carbocycles. The number of hydrogen-bond acceptors (Lipinski definition) is 6. The minimum Gasteiger partial charge on any atom is -0.445 e. The molecule has 3 rings (SSSR count). The molecule has 12 heteroatoms. The first-order valence-corrected chi connectivity index (χ1v) is 9.47. The van der Waals surface area contributed by atoms with E-state index in [1.807, 2.05) is 0 Å². The van der Waals surface area contributed by atoms with Crippen molar-refractivity contribution in [3.8, 4) is 0 Å². The van der Waals surface area contributed by atoms with E-state index in [4.69, 9.17) is 33.7 Å². The molecule has 30 heavy (non-hydrogen) atoms. The molecule has 1 aliphatic carbocycles. The summed E-state index contributed by atoms with van der Waals surface area (Å²) >= 11 is 11.8. The van der Waals surface area contributed by atoms with Gasteiger partial charge < -0.3 is 15.8 Å². The van der Waals surface area contributed by atoms with Crippen molar-refractivity contribution in [1.29, 1.82) is 0 Å². The fourth-order valence-electron chi connectivity index (χ4n) is 3.10. The number of amides is 1. The van der Waals surface area contributed by atoms with Crippen LogP contribution in [0.4, 0.5) is 24.8 Å². The molecule has 1 amide bonds. The lowest BCUT2D eigenvalue weighted by Gasteiger charge is -2.25. The van der Waals surface area contributed by atoms with Gasteiger partial charge in [-0.3, -0.25) is 4.79 Å². The van der Waals surface area contributed by atoms with E-state index < -0.39 is 40.9 Å². The summed E-state index contributed by atoms with van der Waals surface area (Å²) < 4.78 is 45.8. The van der Waals surface area contributed by atoms with E-state index in [0.29, 0.717) is 24.1 Å². The van der Waals surface area contributed by atoms with Gasteiger partial charge in [0.2, 0.25) is 5.95 Å². The van der Waals surface area contributed by atoms with Crippen LogP contribution in [0.5, 0.6) is 0 Å². The standard InChI is InChI=1S/C18H15Cl2F3N4O3/c19-9-3-4-12(11(20)7-9)26-16-25-8-10(13(27-16)18(21,22)23)14(28)30-17(15(24)29)5-1-2-6-17/h3-4,7-8H,1-2,5-6H2,(H2,24,29)(H,25,26,27). The molecule has 0 aliphatic heterocycles. The SMILES string of the molecule is NC(=O)C1(OC(=O)c2cnc(Nc3ccc(Cl)cc3Cl)nc2C(F)(F)F)CCCC1. The van der Waals surface area contributed by atoms with Gasteiger partial charge >= 0.3 is 12.1 Å². The minimum atomic E-state index is -4.99. The number of carbonyl (C=O) groups is 2. The summed E-state index contributed by atoms with van der Waals surface area (Å²) in [6.07, 6.45) is -2.91. The molecule has 2 aromatic rings. The molecular weight excluding hydrogens is 448 g/mol. The number of benzene rings is 1. The highest BCUT2D eigenvalue weighted by Gasteiger charge is 2.46. The summed E-state index contributed by atoms with van der Waals surface area (Å²) in [5, 5.41) is 3.00. The number of carbonyl (C=O) groups excluding carboxylic acids is 2. The largest absolute Gasteiger partial charge is 0.445 e. The van der Waals surface area contributed by atoms with Crippen molar-refractivity contribution in [1.82, 2.24) is 9.97 Å². The molecule has 0 saturated heterocycles. The maximum absolute atomic E-state index is 13.6. The third-order valence-corrected chi connectivity index (χ3v) is 5.15. The maximum Gasteiger partial charge on any atom is 0.434 e. The molecule has 7 nitrogen and oxygen atoms in total. The number of halogens is 5. The number of nitrogens with zero attached hydrogens (tertiary/aromatic N) is 2. The summed E-state index contributed by atoms with van der Waals surface area (Å²) in [6.45, 7) is 0.